The van der Waals surface area contributed by atoms with Crippen molar-refractivity contribution in [2.75, 3.05) is 6.61 Å². The lowest BCUT2D eigenvalue weighted by Crippen LogP contribution is -2.12. The Morgan fingerprint density at radius 1 is 1.04 bits per heavy atom. The summed E-state index contributed by atoms with van der Waals surface area (Å²) >= 11 is 0. The van der Waals surface area contributed by atoms with Crippen LogP contribution in [0.25, 0.3) is 11.0 Å². The quantitative estimate of drug-likeness (QED) is 0.669. The van der Waals surface area contributed by atoms with Crippen LogP contribution in [0.5, 0.6) is 0 Å². The third-order valence-corrected chi connectivity index (χ3v) is 3.88. The van der Waals surface area contributed by atoms with E-state index in [1.54, 1.807) is 30.6 Å². The first kappa shape index (κ1) is 15.2. The molecular weight excluding hydrogens is 288 g/mol. The first-order valence-corrected chi connectivity index (χ1v) is 7.70. The van der Waals surface area contributed by atoms with Crippen molar-refractivity contribution in [3.63, 3.8) is 0 Å². The summed E-state index contributed by atoms with van der Waals surface area (Å²) in [7, 11) is 0. The van der Waals surface area contributed by atoms with Crippen molar-refractivity contribution in [3.05, 3.63) is 72.1 Å². The van der Waals surface area contributed by atoms with Crippen LogP contribution in [-0.2, 0) is 4.74 Å². The fourth-order valence-corrected chi connectivity index (χ4v) is 2.52. The molecule has 2 aromatic carbocycles. The van der Waals surface area contributed by atoms with Crippen molar-refractivity contribution < 1.29 is 9.53 Å². The summed E-state index contributed by atoms with van der Waals surface area (Å²) in [5.41, 5.74) is 3.14. The Balaban J connectivity index is 1.70. The smallest absolute Gasteiger partial charge is 0.338 e. The number of aromatic nitrogens is 2. The predicted molar refractivity (Wildman–Crippen MR) is 89.3 cm³/mol. The van der Waals surface area contributed by atoms with Crippen molar-refractivity contribution in [2.45, 2.75) is 19.3 Å². The van der Waals surface area contributed by atoms with Gasteiger partial charge in [0.15, 0.2) is 0 Å². The average molecular weight is 306 g/mol. The Kier molecular flexibility index (Phi) is 4.62. The molecule has 4 nitrogen and oxygen atoms in total. The number of rotatable bonds is 5. The number of carbonyl (C=O) groups excluding carboxylic acids is 1. The predicted octanol–water partition coefficient (Wildman–Crippen LogP) is 3.98. The highest BCUT2D eigenvalue weighted by molar-refractivity contribution is 5.93. The lowest BCUT2D eigenvalue weighted by atomic mass is 9.97. The standard InChI is InChI=1S/C19H18N2O2/c1-2-14(15-6-4-3-5-7-15)13-23-19(22)16-8-9-17-18(12-16)21-11-10-20-17/h3-12,14H,2,13H2,1H3. The number of benzene rings is 2. The van der Waals surface area contributed by atoms with Crippen LogP contribution in [0.2, 0.25) is 0 Å². The van der Waals surface area contributed by atoms with E-state index >= 15 is 0 Å². The molecule has 4 heteroatoms. The molecule has 1 unspecified atom stereocenters. The van der Waals surface area contributed by atoms with E-state index in [0.29, 0.717) is 17.7 Å². The molecule has 0 saturated heterocycles. The van der Waals surface area contributed by atoms with Crippen LogP contribution in [-0.4, -0.2) is 22.5 Å². The number of fused-ring (bicyclic) bond motifs is 1. The molecule has 3 rings (SSSR count). The van der Waals surface area contributed by atoms with E-state index in [2.05, 4.69) is 29.0 Å². The lowest BCUT2D eigenvalue weighted by Gasteiger charge is -2.15. The summed E-state index contributed by atoms with van der Waals surface area (Å²) in [6.07, 6.45) is 4.16. The zero-order valence-electron chi connectivity index (χ0n) is 13.0. The van der Waals surface area contributed by atoms with Crippen molar-refractivity contribution in [1.82, 2.24) is 9.97 Å². The Labute approximate surface area is 135 Å². The van der Waals surface area contributed by atoms with Crippen molar-refractivity contribution >= 4 is 17.0 Å². The molecule has 0 bridgehead atoms. The third kappa shape index (κ3) is 3.54. The van der Waals surface area contributed by atoms with Crippen LogP contribution in [0.1, 0.15) is 35.2 Å². The number of esters is 1. The number of hydrogen-bond acceptors (Lipinski definition) is 4. The van der Waals surface area contributed by atoms with E-state index in [1.807, 2.05) is 18.2 Å². The summed E-state index contributed by atoms with van der Waals surface area (Å²) in [6.45, 7) is 2.47. The van der Waals surface area contributed by atoms with Crippen molar-refractivity contribution in [2.24, 2.45) is 0 Å². The molecule has 1 atom stereocenters. The number of hydrogen-bond donors (Lipinski definition) is 0. The second-order valence-electron chi connectivity index (χ2n) is 5.37. The number of ether oxygens (including phenoxy) is 1. The van der Waals surface area contributed by atoms with Gasteiger partial charge in [0.2, 0.25) is 0 Å². The molecule has 0 spiro atoms. The van der Waals surface area contributed by atoms with Gasteiger partial charge in [0.25, 0.3) is 0 Å². The molecule has 0 saturated carbocycles. The molecule has 0 aliphatic rings. The molecule has 1 aromatic heterocycles. The van der Waals surface area contributed by atoms with Crippen molar-refractivity contribution in [3.8, 4) is 0 Å². The summed E-state index contributed by atoms with van der Waals surface area (Å²) in [5.74, 6) is -0.118. The number of carbonyl (C=O) groups is 1. The van der Waals surface area contributed by atoms with Crippen LogP contribution in [0.4, 0.5) is 0 Å². The zero-order chi connectivity index (χ0) is 16.1. The summed E-state index contributed by atoms with van der Waals surface area (Å²) in [5, 5.41) is 0. The summed E-state index contributed by atoms with van der Waals surface area (Å²) in [4.78, 5) is 20.7. The largest absolute Gasteiger partial charge is 0.461 e. The Morgan fingerprint density at radius 2 is 1.78 bits per heavy atom. The van der Waals surface area contributed by atoms with E-state index in [1.165, 1.54) is 5.56 Å². The van der Waals surface area contributed by atoms with Gasteiger partial charge in [0, 0.05) is 18.3 Å². The highest BCUT2D eigenvalue weighted by atomic mass is 16.5. The fourth-order valence-electron chi connectivity index (χ4n) is 2.52. The van der Waals surface area contributed by atoms with Gasteiger partial charge in [-0.15, -0.1) is 0 Å². The third-order valence-electron chi connectivity index (χ3n) is 3.88. The first-order valence-electron chi connectivity index (χ1n) is 7.70. The molecule has 0 radical (unpaired) electrons. The molecule has 23 heavy (non-hydrogen) atoms. The highest BCUT2D eigenvalue weighted by Gasteiger charge is 2.14. The van der Waals surface area contributed by atoms with Gasteiger partial charge in [-0.1, -0.05) is 37.3 Å². The molecule has 0 fully saturated rings. The fraction of sp³-hybridized carbons (Fsp3) is 0.211. The van der Waals surface area contributed by atoms with Crippen LogP contribution in [0.3, 0.4) is 0 Å². The second-order valence-corrected chi connectivity index (χ2v) is 5.37. The molecule has 0 N–H and O–H groups in total. The normalized spacial score (nSPS) is 12.0. The first-order chi connectivity index (χ1) is 11.3. The minimum absolute atomic E-state index is 0.209. The molecule has 1 heterocycles. The maximum atomic E-state index is 12.3. The van der Waals surface area contributed by atoms with E-state index in [9.17, 15) is 4.79 Å². The Bertz CT molecular complexity index is 803. The average Bonchev–Trinajstić information content (AvgIpc) is 2.62. The van der Waals surface area contributed by atoms with Crippen LogP contribution >= 0.6 is 0 Å². The van der Waals surface area contributed by atoms with E-state index in [4.69, 9.17) is 4.74 Å². The van der Waals surface area contributed by atoms with Gasteiger partial charge in [-0.25, -0.2) is 4.79 Å². The van der Waals surface area contributed by atoms with Crippen molar-refractivity contribution in [1.29, 1.82) is 0 Å². The summed E-state index contributed by atoms with van der Waals surface area (Å²) in [6, 6.07) is 15.3. The number of nitrogens with zero attached hydrogens (tertiary/aromatic N) is 2. The second kappa shape index (κ2) is 7.01. The van der Waals surface area contributed by atoms with Gasteiger partial charge in [0.1, 0.15) is 0 Å². The van der Waals surface area contributed by atoms with E-state index in [-0.39, 0.29) is 11.9 Å². The minimum atomic E-state index is -0.327. The molecule has 0 aliphatic heterocycles. The maximum absolute atomic E-state index is 12.3. The topological polar surface area (TPSA) is 52.1 Å². The molecule has 0 amide bonds. The van der Waals surface area contributed by atoms with Crippen LogP contribution in [0.15, 0.2) is 60.9 Å². The van der Waals surface area contributed by atoms with E-state index in [0.717, 1.165) is 11.9 Å². The Hall–Kier alpha value is -2.75. The van der Waals surface area contributed by atoms with Gasteiger partial charge < -0.3 is 4.74 Å². The van der Waals surface area contributed by atoms with Gasteiger partial charge >= 0.3 is 5.97 Å². The molecule has 3 aromatic rings. The lowest BCUT2D eigenvalue weighted by molar-refractivity contribution is 0.0477. The summed E-state index contributed by atoms with van der Waals surface area (Å²) < 4.78 is 5.50. The maximum Gasteiger partial charge on any atom is 0.338 e. The van der Waals surface area contributed by atoms with Gasteiger partial charge in [-0.05, 0) is 30.2 Å². The Morgan fingerprint density at radius 3 is 2.52 bits per heavy atom. The van der Waals surface area contributed by atoms with Gasteiger partial charge in [0.05, 0.1) is 23.2 Å². The highest BCUT2D eigenvalue weighted by Crippen LogP contribution is 2.20. The van der Waals surface area contributed by atoms with Gasteiger partial charge in [-0.2, -0.15) is 0 Å². The molecular formula is C19H18N2O2. The van der Waals surface area contributed by atoms with Crippen LogP contribution in [0, 0.1) is 0 Å². The monoisotopic (exact) mass is 306 g/mol. The SMILES string of the molecule is CCC(COC(=O)c1ccc2nccnc2c1)c1ccccc1. The molecule has 116 valence electrons. The molecule has 0 aliphatic carbocycles. The minimum Gasteiger partial charge on any atom is -0.461 e. The van der Waals surface area contributed by atoms with Crippen LogP contribution < -0.4 is 0 Å². The van der Waals surface area contributed by atoms with Gasteiger partial charge in [-0.3, -0.25) is 9.97 Å². The van der Waals surface area contributed by atoms with E-state index < -0.39 is 0 Å². The zero-order valence-corrected chi connectivity index (χ0v) is 13.0.